The van der Waals surface area contributed by atoms with Crippen molar-refractivity contribution in [3.63, 3.8) is 0 Å². The van der Waals surface area contributed by atoms with Gasteiger partial charge in [-0.05, 0) is 40.0 Å². The molecule has 0 saturated carbocycles. The summed E-state index contributed by atoms with van der Waals surface area (Å²) in [4.78, 5) is 13.7. The second-order valence-corrected chi connectivity index (χ2v) is 8.11. The topological polar surface area (TPSA) is 59.0 Å². The van der Waals surface area contributed by atoms with Gasteiger partial charge < -0.3 is 10.6 Å². The number of carbonyl (C=O) groups excluding carboxylic acids is 1. The van der Waals surface area contributed by atoms with Crippen molar-refractivity contribution in [2.75, 3.05) is 19.6 Å². The molecule has 3 heterocycles. The first-order valence-corrected chi connectivity index (χ1v) is 8.95. The Bertz CT molecular complexity index is 654. The van der Waals surface area contributed by atoms with E-state index < -0.39 is 0 Å². The van der Waals surface area contributed by atoms with Crippen molar-refractivity contribution in [1.82, 2.24) is 20.4 Å². The molecule has 118 valence electrons. The highest BCUT2D eigenvalue weighted by atomic mass is 79.9. The Kier molecular flexibility index (Phi) is 4.95. The Morgan fingerprint density at radius 2 is 2.41 bits per heavy atom. The van der Waals surface area contributed by atoms with E-state index in [9.17, 15) is 4.79 Å². The molecule has 2 atom stereocenters. The van der Waals surface area contributed by atoms with Gasteiger partial charge in [0.25, 0.3) is 0 Å². The van der Waals surface area contributed by atoms with E-state index in [1.807, 2.05) is 25.5 Å². The second-order valence-electron chi connectivity index (χ2n) is 5.57. The quantitative estimate of drug-likeness (QED) is 0.830. The molecule has 22 heavy (non-hydrogen) atoms. The van der Waals surface area contributed by atoms with E-state index in [1.165, 1.54) is 4.88 Å². The van der Waals surface area contributed by atoms with Crippen molar-refractivity contribution in [1.29, 1.82) is 0 Å². The number of hydrogen-bond acceptors (Lipinski definition) is 4. The fourth-order valence-corrected chi connectivity index (χ4v) is 4.34. The van der Waals surface area contributed by atoms with Crippen LogP contribution in [0.5, 0.6) is 0 Å². The second kappa shape index (κ2) is 6.93. The summed E-state index contributed by atoms with van der Waals surface area (Å²) in [6.45, 7) is 2.25. The lowest BCUT2D eigenvalue weighted by Crippen LogP contribution is -2.35. The summed E-state index contributed by atoms with van der Waals surface area (Å²) in [5.74, 6) is 0.332. The molecule has 2 aromatic heterocycles. The van der Waals surface area contributed by atoms with Gasteiger partial charge in [0, 0.05) is 43.7 Å². The van der Waals surface area contributed by atoms with Gasteiger partial charge in [0.2, 0.25) is 5.91 Å². The summed E-state index contributed by atoms with van der Waals surface area (Å²) in [5, 5.41) is 10.6. The maximum Gasteiger partial charge on any atom is 0.225 e. The third-order valence-corrected chi connectivity index (χ3v) is 5.69. The molecule has 3 rings (SSSR count). The average molecular weight is 383 g/mol. The van der Waals surface area contributed by atoms with Gasteiger partial charge in [-0.1, -0.05) is 0 Å². The first-order chi connectivity index (χ1) is 10.6. The minimum atomic E-state index is -0.0146. The van der Waals surface area contributed by atoms with E-state index in [-0.39, 0.29) is 17.7 Å². The molecule has 1 amide bonds. The lowest BCUT2D eigenvalue weighted by atomic mass is 9.90. The summed E-state index contributed by atoms with van der Waals surface area (Å²) in [7, 11) is 1.90. The molecule has 7 heteroatoms. The molecule has 0 aliphatic carbocycles. The van der Waals surface area contributed by atoms with E-state index in [0.29, 0.717) is 6.54 Å². The number of nitrogens with one attached hydrogen (secondary N) is 2. The van der Waals surface area contributed by atoms with Crippen LogP contribution in [0.25, 0.3) is 0 Å². The molecule has 1 aliphatic heterocycles. The minimum Gasteiger partial charge on any atom is -0.355 e. The van der Waals surface area contributed by atoms with Crippen molar-refractivity contribution in [2.24, 2.45) is 13.0 Å². The number of carbonyl (C=O) groups is 1. The summed E-state index contributed by atoms with van der Waals surface area (Å²) in [5.41, 5.74) is 1.13. The molecule has 0 bridgehead atoms. The van der Waals surface area contributed by atoms with Crippen molar-refractivity contribution in [3.8, 4) is 0 Å². The van der Waals surface area contributed by atoms with Gasteiger partial charge in [-0.15, -0.1) is 11.3 Å². The first kappa shape index (κ1) is 15.7. The van der Waals surface area contributed by atoms with Crippen molar-refractivity contribution in [2.45, 2.75) is 12.3 Å². The molecule has 2 aromatic rings. The van der Waals surface area contributed by atoms with Crippen LogP contribution in [0.1, 0.15) is 16.4 Å². The molecule has 1 fully saturated rings. The van der Waals surface area contributed by atoms with Crippen LogP contribution in [0.4, 0.5) is 0 Å². The van der Waals surface area contributed by atoms with Crippen molar-refractivity contribution in [3.05, 3.63) is 38.8 Å². The lowest BCUT2D eigenvalue weighted by Gasteiger charge is -2.16. The van der Waals surface area contributed by atoms with E-state index in [2.05, 4.69) is 37.7 Å². The van der Waals surface area contributed by atoms with Gasteiger partial charge in [0.15, 0.2) is 0 Å². The largest absolute Gasteiger partial charge is 0.355 e. The van der Waals surface area contributed by atoms with Crippen LogP contribution in [0, 0.1) is 5.92 Å². The number of hydrogen-bond donors (Lipinski definition) is 2. The maximum absolute atomic E-state index is 12.4. The predicted octanol–water partition coefficient (Wildman–Crippen LogP) is 1.91. The van der Waals surface area contributed by atoms with Crippen molar-refractivity contribution >= 4 is 33.2 Å². The molecule has 0 radical (unpaired) electrons. The van der Waals surface area contributed by atoms with Crippen LogP contribution in [-0.4, -0.2) is 35.3 Å². The Labute approximate surface area is 142 Å². The third kappa shape index (κ3) is 3.59. The molecule has 1 aliphatic rings. The van der Waals surface area contributed by atoms with Gasteiger partial charge >= 0.3 is 0 Å². The normalized spacial score (nSPS) is 21.2. The highest BCUT2D eigenvalue weighted by Crippen LogP contribution is 2.28. The summed E-state index contributed by atoms with van der Waals surface area (Å²) in [6.07, 6.45) is 4.74. The number of amides is 1. The monoisotopic (exact) mass is 382 g/mol. The number of thiophene rings is 1. The first-order valence-electron chi connectivity index (χ1n) is 7.34. The summed E-state index contributed by atoms with van der Waals surface area (Å²) < 4.78 is 2.92. The fourth-order valence-electron chi connectivity index (χ4n) is 2.86. The number of aryl methyl sites for hydroxylation is 1. The molecule has 0 unspecified atom stereocenters. The molecule has 5 nitrogen and oxygen atoms in total. The lowest BCUT2D eigenvalue weighted by molar-refractivity contribution is -0.124. The molecule has 0 aromatic carbocycles. The molecule has 1 saturated heterocycles. The van der Waals surface area contributed by atoms with E-state index in [1.54, 1.807) is 16.0 Å². The highest BCUT2D eigenvalue weighted by Gasteiger charge is 2.34. The van der Waals surface area contributed by atoms with E-state index >= 15 is 0 Å². The van der Waals surface area contributed by atoms with Crippen LogP contribution in [0.3, 0.4) is 0 Å². The van der Waals surface area contributed by atoms with Gasteiger partial charge in [0.05, 0.1) is 15.9 Å². The van der Waals surface area contributed by atoms with E-state index in [4.69, 9.17) is 0 Å². The van der Waals surface area contributed by atoms with Crippen LogP contribution in [0.15, 0.2) is 28.3 Å². The summed E-state index contributed by atoms with van der Waals surface area (Å²) >= 11 is 5.17. The molecule has 2 N–H and O–H groups in total. The van der Waals surface area contributed by atoms with Gasteiger partial charge in [-0.2, -0.15) is 5.10 Å². The molecule has 0 spiro atoms. The maximum atomic E-state index is 12.4. The van der Waals surface area contributed by atoms with Gasteiger partial charge in [0.1, 0.15) is 0 Å². The Morgan fingerprint density at radius 1 is 1.55 bits per heavy atom. The number of rotatable bonds is 5. The minimum absolute atomic E-state index is 0.0146. The number of aromatic nitrogens is 2. The Balaban J connectivity index is 1.54. The highest BCUT2D eigenvalue weighted by molar-refractivity contribution is 9.11. The van der Waals surface area contributed by atoms with Crippen LogP contribution < -0.4 is 10.6 Å². The average Bonchev–Trinajstić information content (AvgIpc) is 3.19. The number of nitrogens with zero attached hydrogens (tertiary/aromatic N) is 2. The smallest absolute Gasteiger partial charge is 0.225 e. The third-order valence-electron chi connectivity index (χ3n) is 4.00. The Hall–Kier alpha value is -1.18. The van der Waals surface area contributed by atoms with Crippen LogP contribution >= 0.6 is 27.3 Å². The molecular formula is C15H19BrN4OS. The standard InChI is InChI=1S/C15H19BrN4OS/c1-20-9-10(6-19-20)12-7-17-8-13(12)15(21)18-5-4-11-2-3-14(16)22-11/h2-3,6,9,12-13,17H,4-5,7-8H2,1H3,(H,18,21)/t12-,13+/m1/s1. The predicted molar refractivity (Wildman–Crippen MR) is 91.0 cm³/mol. The summed E-state index contributed by atoms with van der Waals surface area (Å²) in [6, 6.07) is 4.14. The zero-order chi connectivity index (χ0) is 15.5. The van der Waals surface area contributed by atoms with Crippen LogP contribution in [0.2, 0.25) is 0 Å². The SMILES string of the molecule is Cn1cc([C@H]2CNC[C@@H]2C(=O)NCCc2ccc(Br)s2)cn1. The van der Waals surface area contributed by atoms with Gasteiger partial charge in [-0.25, -0.2) is 0 Å². The van der Waals surface area contributed by atoms with Crippen LogP contribution in [-0.2, 0) is 18.3 Å². The number of halogens is 1. The zero-order valence-electron chi connectivity index (χ0n) is 12.4. The van der Waals surface area contributed by atoms with Crippen molar-refractivity contribution < 1.29 is 4.79 Å². The zero-order valence-corrected chi connectivity index (χ0v) is 14.8. The molecular weight excluding hydrogens is 364 g/mol. The van der Waals surface area contributed by atoms with Gasteiger partial charge in [-0.3, -0.25) is 9.48 Å². The van der Waals surface area contributed by atoms with E-state index in [0.717, 1.165) is 28.9 Å². The fraction of sp³-hybridized carbons (Fsp3) is 0.467. The Morgan fingerprint density at radius 3 is 3.09 bits per heavy atom.